The van der Waals surface area contributed by atoms with Crippen molar-refractivity contribution >= 4 is 8.25 Å². The normalized spacial score (nSPS) is 11.8. The van der Waals surface area contributed by atoms with Crippen LogP contribution in [0.25, 0.3) is 0 Å². The SMILES string of the molecule is CCCCCCCCCCCCCCC.CO[PH](=O)O. The molecule has 1 unspecified atom stereocenters. The van der Waals surface area contributed by atoms with E-state index in [1.54, 1.807) is 0 Å². The first-order chi connectivity index (χ1) is 9.68. The molecular weight excluding hydrogens is 271 g/mol. The average Bonchev–Trinajstić information content (AvgIpc) is 2.45. The third-order valence-corrected chi connectivity index (χ3v) is 3.73. The molecule has 1 N–H and O–H groups in total. The molecule has 0 radical (unpaired) electrons. The summed E-state index contributed by atoms with van der Waals surface area (Å²) in [4.78, 5) is 7.69. The zero-order valence-corrected chi connectivity index (χ0v) is 15.0. The second-order valence-corrected chi connectivity index (χ2v) is 6.30. The van der Waals surface area contributed by atoms with E-state index in [2.05, 4.69) is 18.4 Å². The van der Waals surface area contributed by atoms with Gasteiger partial charge in [-0.2, -0.15) is 0 Å². The summed E-state index contributed by atoms with van der Waals surface area (Å²) in [6, 6.07) is 0. The standard InChI is InChI=1S/C15H32.CH5O3P/c1-3-5-7-9-11-13-15-14-12-10-8-6-4-2;1-4-5(2)3/h3-15H2,1-2H3;5H,1H3,(H,2,3). The number of rotatable bonds is 13. The van der Waals surface area contributed by atoms with Crippen molar-refractivity contribution < 1.29 is 14.0 Å². The Morgan fingerprint density at radius 1 is 0.700 bits per heavy atom. The van der Waals surface area contributed by atoms with Crippen molar-refractivity contribution in [3.05, 3.63) is 0 Å². The first-order valence-corrected chi connectivity index (χ1v) is 9.72. The minimum absolute atomic E-state index is 1.18. The fourth-order valence-corrected chi connectivity index (χ4v) is 2.09. The summed E-state index contributed by atoms with van der Waals surface area (Å²) in [6.07, 6.45) is 18.9. The molecule has 0 heterocycles. The van der Waals surface area contributed by atoms with E-state index in [4.69, 9.17) is 4.89 Å². The molecule has 0 aromatic heterocycles. The maximum atomic E-state index is 9.33. The highest BCUT2D eigenvalue weighted by atomic mass is 31.1. The Morgan fingerprint density at radius 2 is 0.900 bits per heavy atom. The van der Waals surface area contributed by atoms with Gasteiger partial charge >= 0.3 is 8.25 Å². The van der Waals surface area contributed by atoms with Crippen LogP contribution in [0.2, 0.25) is 0 Å². The summed E-state index contributed by atoms with van der Waals surface area (Å²) in [6.45, 7) is 4.58. The van der Waals surface area contributed by atoms with E-state index < -0.39 is 8.25 Å². The van der Waals surface area contributed by atoms with Gasteiger partial charge in [0, 0.05) is 7.11 Å². The van der Waals surface area contributed by atoms with E-state index in [1.807, 2.05) is 0 Å². The Kier molecular flexibility index (Phi) is 24.1. The molecule has 0 saturated heterocycles. The summed E-state index contributed by atoms with van der Waals surface area (Å²) >= 11 is 0. The van der Waals surface area contributed by atoms with Crippen LogP contribution in [-0.2, 0) is 9.09 Å². The Balaban J connectivity index is 0. The smallest absolute Gasteiger partial charge is 0.316 e. The van der Waals surface area contributed by atoms with Gasteiger partial charge in [0.2, 0.25) is 0 Å². The second-order valence-electron chi connectivity index (χ2n) is 5.36. The number of hydrogen-bond acceptors (Lipinski definition) is 2. The van der Waals surface area contributed by atoms with Crippen LogP contribution in [0.4, 0.5) is 0 Å². The maximum Gasteiger partial charge on any atom is 0.316 e. The predicted molar refractivity (Wildman–Crippen MR) is 89.6 cm³/mol. The minimum Gasteiger partial charge on any atom is -0.326 e. The van der Waals surface area contributed by atoms with E-state index in [0.717, 1.165) is 0 Å². The fraction of sp³-hybridized carbons (Fsp3) is 1.00. The van der Waals surface area contributed by atoms with Gasteiger partial charge in [0.05, 0.1) is 0 Å². The van der Waals surface area contributed by atoms with Gasteiger partial charge in [-0.05, 0) is 0 Å². The molecule has 3 nitrogen and oxygen atoms in total. The quantitative estimate of drug-likeness (QED) is 0.330. The topological polar surface area (TPSA) is 46.5 Å². The second kappa shape index (κ2) is 21.4. The number of unbranched alkanes of at least 4 members (excludes halogenated alkanes) is 12. The van der Waals surface area contributed by atoms with Crippen LogP contribution >= 0.6 is 8.25 Å². The minimum atomic E-state index is -2.62. The molecule has 0 aliphatic heterocycles. The van der Waals surface area contributed by atoms with Crippen molar-refractivity contribution in [3.8, 4) is 0 Å². The molecule has 1 atom stereocenters. The third kappa shape index (κ3) is 26.7. The highest BCUT2D eigenvalue weighted by molar-refractivity contribution is 7.32. The van der Waals surface area contributed by atoms with Crippen LogP contribution in [-0.4, -0.2) is 12.0 Å². The molecule has 20 heavy (non-hydrogen) atoms. The summed E-state index contributed by atoms with van der Waals surface area (Å²) in [5, 5.41) is 0. The van der Waals surface area contributed by atoms with Crippen LogP contribution in [0.15, 0.2) is 0 Å². The molecular formula is C16H37O3P. The van der Waals surface area contributed by atoms with Crippen LogP contribution in [0, 0.1) is 0 Å². The molecule has 124 valence electrons. The summed E-state index contributed by atoms with van der Waals surface area (Å²) in [7, 11) is -1.44. The molecule has 0 amide bonds. The Labute approximate surface area is 127 Å². The van der Waals surface area contributed by atoms with Crippen molar-refractivity contribution in [3.63, 3.8) is 0 Å². The van der Waals surface area contributed by atoms with Crippen LogP contribution in [0.5, 0.6) is 0 Å². The van der Waals surface area contributed by atoms with Crippen molar-refractivity contribution in [2.24, 2.45) is 0 Å². The molecule has 4 heteroatoms. The zero-order chi connectivity index (χ0) is 15.5. The zero-order valence-electron chi connectivity index (χ0n) is 14.0. The van der Waals surface area contributed by atoms with Crippen LogP contribution in [0.3, 0.4) is 0 Å². The van der Waals surface area contributed by atoms with Gasteiger partial charge in [0.15, 0.2) is 0 Å². The molecule has 0 rings (SSSR count). The highest BCUT2D eigenvalue weighted by Gasteiger charge is 1.92. The first-order valence-electron chi connectivity index (χ1n) is 8.45. The summed E-state index contributed by atoms with van der Waals surface area (Å²) in [5.41, 5.74) is 0. The molecule has 0 spiro atoms. The summed E-state index contributed by atoms with van der Waals surface area (Å²) < 4.78 is 13.2. The van der Waals surface area contributed by atoms with Crippen molar-refractivity contribution in [2.45, 2.75) is 97.3 Å². The van der Waals surface area contributed by atoms with Crippen molar-refractivity contribution in [1.29, 1.82) is 0 Å². The molecule has 0 saturated carbocycles. The van der Waals surface area contributed by atoms with Gasteiger partial charge in [0.1, 0.15) is 0 Å². The van der Waals surface area contributed by atoms with Crippen LogP contribution < -0.4 is 0 Å². The molecule has 0 aromatic rings. The fourth-order valence-electron chi connectivity index (χ4n) is 2.09. The van der Waals surface area contributed by atoms with Gasteiger partial charge < -0.3 is 9.42 Å². The van der Waals surface area contributed by atoms with E-state index in [-0.39, 0.29) is 0 Å². The van der Waals surface area contributed by atoms with Gasteiger partial charge in [-0.3, -0.25) is 4.57 Å². The molecule has 0 aromatic carbocycles. The lowest BCUT2D eigenvalue weighted by atomic mass is 10.1. The Morgan fingerprint density at radius 3 is 1.05 bits per heavy atom. The third-order valence-electron chi connectivity index (χ3n) is 3.38. The highest BCUT2D eigenvalue weighted by Crippen LogP contribution is 2.12. The summed E-state index contributed by atoms with van der Waals surface area (Å²) in [5.74, 6) is 0. The molecule has 0 fully saturated rings. The van der Waals surface area contributed by atoms with Crippen molar-refractivity contribution in [1.82, 2.24) is 0 Å². The molecule has 0 bridgehead atoms. The van der Waals surface area contributed by atoms with Crippen molar-refractivity contribution in [2.75, 3.05) is 7.11 Å². The average molecular weight is 308 g/mol. The lowest BCUT2D eigenvalue weighted by Gasteiger charge is -2.01. The monoisotopic (exact) mass is 308 g/mol. The van der Waals surface area contributed by atoms with E-state index in [9.17, 15) is 4.57 Å². The van der Waals surface area contributed by atoms with E-state index in [0.29, 0.717) is 0 Å². The number of hydrogen-bond donors (Lipinski definition) is 1. The van der Waals surface area contributed by atoms with Gasteiger partial charge in [-0.25, -0.2) is 0 Å². The van der Waals surface area contributed by atoms with Gasteiger partial charge in [0.25, 0.3) is 0 Å². The van der Waals surface area contributed by atoms with E-state index >= 15 is 0 Å². The predicted octanol–water partition coefficient (Wildman–Crippen LogP) is 6.11. The molecule has 0 aliphatic rings. The maximum absolute atomic E-state index is 9.33. The lowest BCUT2D eigenvalue weighted by Crippen LogP contribution is -1.82. The van der Waals surface area contributed by atoms with E-state index in [1.165, 1.54) is 90.6 Å². The van der Waals surface area contributed by atoms with Gasteiger partial charge in [-0.1, -0.05) is 97.3 Å². The molecule has 0 aliphatic carbocycles. The Bertz CT molecular complexity index is 175. The first kappa shape index (κ1) is 22.4. The lowest BCUT2D eigenvalue weighted by molar-refractivity contribution is 0.343. The van der Waals surface area contributed by atoms with Gasteiger partial charge in [-0.15, -0.1) is 0 Å². The van der Waals surface area contributed by atoms with Crippen LogP contribution in [0.1, 0.15) is 97.3 Å². The largest absolute Gasteiger partial charge is 0.326 e. The Hall–Kier alpha value is 0.150.